The fourth-order valence-corrected chi connectivity index (χ4v) is 5.43. The smallest absolute Gasteiger partial charge is 0.264 e. The summed E-state index contributed by atoms with van der Waals surface area (Å²) in [6.07, 6.45) is 0. The number of amides is 2. The van der Waals surface area contributed by atoms with Gasteiger partial charge in [0.15, 0.2) is 0 Å². The van der Waals surface area contributed by atoms with Gasteiger partial charge in [-0.05, 0) is 68.8 Å². The van der Waals surface area contributed by atoms with Crippen LogP contribution in [0.25, 0.3) is 0 Å². The van der Waals surface area contributed by atoms with Crippen LogP contribution in [0.1, 0.15) is 29.8 Å². The maximum absolute atomic E-state index is 13.6. The van der Waals surface area contributed by atoms with Gasteiger partial charge in [-0.1, -0.05) is 41.9 Å². The normalized spacial score (nSPS) is 11.1. The van der Waals surface area contributed by atoms with Gasteiger partial charge in [-0.15, -0.1) is 0 Å². The predicted molar refractivity (Wildman–Crippen MR) is 139 cm³/mol. The van der Waals surface area contributed by atoms with Crippen molar-refractivity contribution in [2.75, 3.05) is 29.3 Å². The van der Waals surface area contributed by atoms with E-state index in [4.69, 9.17) is 11.6 Å². The third-order valence-corrected chi connectivity index (χ3v) is 7.54. The van der Waals surface area contributed by atoms with Crippen LogP contribution in [-0.4, -0.2) is 44.8 Å². The fourth-order valence-electron chi connectivity index (χ4n) is 3.70. The van der Waals surface area contributed by atoms with Gasteiger partial charge in [0.25, 0.3) is 15.9 Å². The van der Waals surface area contributed by atoms with Crippen molar-refractivity contribution in [2.24, 2.45) is 0 Å². The van der Waals surface area contributed by atoms with Crippen molar-refractivity contribution in [1.29, 1.82) is 0 Å². The Hall–Kier alpha value is -3.36. The maximum Gasteiger partial charge on any atom is 0.264 e. The van der Waals surface area contributed by atoms with E-state index in [0.29, 0.717) is 40.6 Å². The van der Waals surface area contributed by atoms with Crippen LogP contribution < -0.4 is 9.62 Å². The monoisotopic (exact) mass is 513 g/mol. The lowest BCUT2D eigenvalue weighted by Crippen LogP contribution is -2.39. The lowest BCUT2D eigenvalue weighted by atomic mass is 10.1. The minimum atomic E-state index is -4.07. The molecule has 0 aliphatic rings. The second kappa shape index (κ2) is 11.4. The van der Waals surface area contributed by atoms with Crippen LogP contribution in [-0.2, 0) is 14.8 Å². The number of benzene rings is 3. The zero-order valence-electron chi connectivity index (χ0n) is 19.9. The van der Waals surface area contributed by atoms with Crippen molar-refractivity contribution in [2.45, 2.75) is 25.7 Å². The first kappa shape index (κ1) is 26.2. The topological polar surface area (TPSA) is 86.8 Å². The Morgan fingerprint density at radius 2 is 1.54 bits per heavy atom. The number of nitrogens with one attached hydrogen (secondary N) is 1. The van der Waals surface area contributed by atoms with Crippen LogP contribution in [0.5, 0.6) is 0 Å². The Kier molecular flexibility index (Phi) is 8.53. The van der Waals surface area contributed by atoms with Crippen molar-refractivity contribution in [1.82, 2.24) is 4.90 Å². The predicted octanol–water partition coefficient (Wildman–Crippen LogP) is 4.96. The number of anilines is 2. The number of carbonyl (C=O) groups excluding carboxylic acids is 2. The number of hydrogen-bond acceptors (Lipinski definition) is 4. The molecule has 0 heterocycles. The van der Waals surface area contributed by atoms with Gasteiger partial charge < -0.3 is 10.2 Å². The minimum absolute atomic E-state index is 0.0549. The fraction of sp³-hybridized carbons (Fsp3) is 0.231. The van der Waals surface area contributed by atoms with E-state index in [1.54, 1.807) is 72.5 Å². The van der Waals surface area contributed by atoms with Gasteiger partial charge in [-0.25, -0.2) is 8.42 Å². The summed E-state index contributed by atoms with van der Waals surface area (Å²) in [5.41, 5.74) is 1.59. The number of sulfonamides is 1. The van der Waals surface area contributed by atoms with E-state index in [1.165, 1.54) is 12.1 Å². The van der Waals surface area contributed by atoms with Crippen LogP contribution in [0.15, 0.2) is 77.7 Å². The van der Waals surface area contributed by atoms with Crippen LogP contribution in [0, 0.1) is 6.92 Å². The molecule has 0 aliphatic carbocycles. The molecule has 35 heavy (non-hydrogen) atoms. The SMILES string of the molecule is CCN(CC)C(=O)c1ccccc1NC(=O)CN(c1ccc(Cl)cc1C)S(=O)(=O)c1ccccc1. The molecule has 0 saturated heterocycles. The van der Waals surface area contributed by atoms with E-state index >= 15 is 0 Å². The minimum Gasteiger partial charge on any atom is -0.339 e. The first-order chi connectivity index (χ1) is 16.7. The Labute approximate surface area is 211 Å². The lowest BCUT2D eigenvalue weighted by Gasteiger charge is -2.26. The van der Waals surface area contributed by atoms with Crippen molar-refractivity contribution in [3.8, 4) is 0 Å². The largest absolute Gasteiger partial charge is 0.339 e. The summed E-state index contributed by atoms with van der Waals surface area (Å²) in [6, 6.07) is 19.4. The Morgan fingerprint density at radius 1 is 0.914 bits per heavy atom. The molecule has 0 aliphatic heterocycles. The Balaban J connectivity index is 1.97. The quantitative estimate of drug-likeness (QED) is 0.438. The highest BCUT2D eigenvalue weighted by molar-refractivity contribution is 7.92. The molecule has 184 valence electrons. The summed E-state index contributed by atoms with van der Waals surface area (Å²) in [6.45, 7) is 6.04. The van der Waals surface area contributed by atoms with Crippen molar-refractivity contribution >= 4 is 44.8 Å². The lowest BCUT2D eigenvalue weighted by molar-refractivity contribution is -0.114. The van der Waals surface area contributed by atoms with Gasteiger partial charge in [0, 0.05) is 18.1 Å². The molecule has 0 unspecified atom stereocenters. The summed E-state index contributed by atoms with van der Waals surface area (Å²) >= 11 is 6.08. The number of nitrogens with zero attached hydrogens (tertiary/aromatic N) is 2. The van der Waals surface area contributed by atoms with Crippen LogP contribution >= 0.6 is 11.6 Å². The van der Waals surface area contributed by atoms with Gasteiger partial charge in [0.2, 0.25) is 5.91 Å². The van der Waals surface area contributed by atoms with E-state index in [2.05, 4.69) is 5.32 Å². The van der Waals surface area contributed by atoms with E-state index in [1.807, 2.05) is 13.8 Å². The van der Waals surface area contributed by atoms with Gasteiger partial charge >= 0.3 is 0 Å². The molecular weight excluding hydrogens is 486 g/mol. The molecule has 1 N–H and O–H groups in total. The summed E-state index contributed by atoms with van der Waals surface area (Å²) in [5.74, 6) is -0.799. The second-order valence-electron chi connectivity index (χ2n) is 7.83. The molecule has 0 atom stereocenters. The molecule has 0 fully saturated rings. The number of aryl methyl sites for hydroxylation is 1. The molecular formula is C26H28ClN3O4S. The third-order valence-electron chi connectivity index (χ3n) is 5.53. The van der Waals surface area contributed by atoms with Crippen molar-refractivity contribution in [3.05, 3.63) is 88.9 Å². The van der Waals surface area contributed by atoms with Crippen molar-refractivity contribution in [3.63, 3.8) is 0 Å². The Bertz CT molecular complexity index is 1310. The molecule has 0 aromatic heterocycles. The standard InChI is InChI=1S/C26H28ClN3O4S/c1-4-29(5-2)26(32)22-13-9-10-14-23(22)28-25(31)18-30(24-16-15-20(27)17-19(24)3)35(33,34)21-11-7-6-8-12-21/h6-17H,4-5,18H2,1-3H3,(H,28,31). The summed E-state index contributed by atoms with van der Waals surface area (Å²) in [5, 5.41) is 3.19. The van der Waals surface area contributed by atoms with Crippen LogP contribution in [0.3, 0.4) is 0 Å². The van der Waals surface area contributed by atoms with E-state index in [9.17, 15) is 18.0 Å². The molecule has 3 aromatic rings. The number of para-hydroxylation sites is 1. The first-order valence-electron chi connectivity index (χ1n) is 11.2. The zero-order chi connectivity index (χ0) is 25.6. The molecule has 0 bridgehead atoms. The molecule has 7 nitrogen and oxygen atoms in total. The van der Waals surface area contributed by atoms with Gasteiger partial charge in [0.1, 0.15) is 6.54 Å². The maximum atomic E-state index is 13.6. The number of hydrogen-bond donors (Lipinski definition) is 1. The van der Waals surface area contributed by atoms with Gasteiger partial charge in [-0.3, -0.25) is 13.9 Å². The van der Waals surface area contributed by atoms with Gasteiger partial charge in [-0.2, -0.15) is 0 Å². The molecule has 3 aromatic carbocycles. The highest BCUT2D eigenvalue weighted by Crippen LogP contribution is 2.29. The van der Waals surface area contributed by atoms with Gasteiger partial charge in [0.05, 0.1) is 21.8 Å². The van der Waals surface area contributed by atoms with E-state index in [0.717, 1.165) is 4.31 Å². The second-order valence-corrected chi connectivity index (χ2v) is 10.1. The third kappa shape index (κ3) is 6.01. The number of halogens is 1. The van der Waals surface area contributed by atoms with E-state index < -0.39 is 22.5 Å². The molecule has 3 rings (SSSR count). The Morgan fingerprint density at radius 3 is 2.17 bits per heavy atom. The van der Waals surface area contributed by atoms with Crippen molar-refractivity contribution < 1.29 is 18.0 Å². The zero-order valence-corrected chi connectivity index (χ0v) is 21.4. The highest BCUT2D eigenvalue weighted by Gasteiger charge is 2.29. The molecule has 0 saturated carbocycles. The van der Waals surface area contributed by atoms with Crippen LogP contribution in [0.4, 0.5) is 11.4 Å². The summed E-state index contributed by atoms with van der Waals surface area (Å²) in [7, 11) is -4.07. The average Bonchev–Trinajstić information content (AvgIpc) is 2.84. The average molecular weight is 514 g/mol. The first-order valence-corrected chi connectivity index (χ1v) is 13.0. The van der Waals surface area contributed by atoms with Crippen LogP contribution in [0.2, 0.25) is 5.02 Å². The highest BCUT2D eigenvalue weighted by atomic mass is 35.5. The number of rotatable bonds is 9. The number of carbonyl (C=O) groups is 2. The summed E-state index contributed by atoms with van der Waals surface area (Å²) < 4.78 is 28.2. The van der Waals surface area contributed by atoms with E-state index in [-0.39, 0.29) is 10.8 Å². The molecule has 2 amide bonds. The summed E-state index contributed by atoms with van der Waals surface area (Å²) in [4.78, 5) is 27.8. The molecule has 0 radical (unpaired) electrons. The molecule has 9 heteroatoms. The molecule has 0 spiro atoms.